The summed E-state index contributed by atoms with van der Waals surface area (Å²) in [6.07, 6.45) is 0. The summed E-state index contributed by atoms with van der Waals surface area (Å²) in [5.74, 6) is 2.29. The van der Waals surface area contributed by atoms with Crippen molar-refractivity contribution in [3.8, 4) is 84.9 Å². The lowest BCUT2D eigenvalue weighted by molar-refractivity contribution is 0.591. The van der Waals surface area contributed by atoms with E-state index in [1.807, 2.05) is 54.6 Å². The SMILES string of the molecule is CC(C)(C)c1ccc2c(c1)c1ccccc1n2-c1ccc(-c2cc(-c3ccccc3)nc(-c3ccccc3)n2)cc1-c1nc(-c2ccccc2)nc(-c2cccc(-c3ccc(N4c5ccccc5B5c6ccccc6N(c6ccccc6)c6cccc4c65)cc3)c2)n1. The first-order chi connectivity index (χ1) is 45.3. The molecule has 0 amide bonds. The van der Waals surface area contributed by atoms with Gasteiger partial charge in [0.1, 0.15) is 0 Å². The van der Waals surface area contributed by atoms with Crippen LogP contribution in [0.25, 0.3) is 107 Å². The van der Waals surface area contributed by atoms with Gasteiger partial charge in [0.25, 0.3) is 6.71 Å². The standard InChI is InChI=1S/C83H59BN8/c1-83(2,3)61-45-49-72-65(52-61)64-34-16-19-37-71(64)92(72)73-48-44-59(70-53-69(55-24-8-4-9-25-55)85-79(86-70)56-26-10-5-11-27-56)51-66(73)82-88-80(57-28-12-6-13-29-57)87-81(89-82)60-31-22-30-58(50-60)54-42-46-63(47-43-54)91-75-39-21-18-36-68(75)84-67-35-17-20-38-74(67)90(62-32-14-7-15-33-62)76-40-23-41-77(91)78(76)84/h4-53H,1-3H3. The van der Waals surface area contributed by atoms with Gasteiger partial charge in [-0.15, -0.1) is 0 Å². The Labute approximate surface area is 535 Å². The summed E-state index contributed by atoms with van der Waals surface area (Å²) < 4.78 is 2.38. The van der Waals surface area contributed by atoms with Crippen LogP contribution in [0, 0.1) is 0 Å². The van der Waals surface area contributed by atoms with E-state index < -0.39 is 0 Å². The topological polar surface area (TPSA) is 75.9 Å². The molecule has 0 saturated carbocycles. The molecule has 2 aliphatic rings. The third kappa shape index (κ3) is 9.35. The van der Waals surface area contributed by atoms with Gasteiger partial charge in [0, 0.05) is 78.3 Å². The van der Waals surface area contributed by atoms with Gasteiger partial charge in [-0.05, 0) is 129 Å². The fourth-order valence-electron chi connectivity index (χ4n) is 13.8. The highest BCUT2D eigenvalue weighted by atomic mass is 15.2. The van der Waals surface area contributed by atoms with Crippen LogP contribution in [0.15, 0.2) is 303 Å². The molecule has 12 aromatic carbocycles. The average Bonchev–Trinajstić information content (AvgIpc) is 0.845. The van der Waals surface area contributed by atoms with Crippen molar-refractivity contribution in [2.75, 3.05) is 9.80 Å². The first-order valence-corrected chi connectivity index (χ1v) is 31.4. The summed E-state index contributed by atoms with van der Waals surface area (Å²) in [5, 5.41) is 2.35. The molecule has 5 heterocycles. The predicted octanol–water partition coefficient (Wildman–Crippen LogP) is 18.8. The van der Waals surface area contributed by atoms with Crippen LogP contribution in [0.3, 0.4) is 0 Å². The Morgan fingerprint density at radius 1 is 0.293 bits per heavy atom. The highest BCUT2D eigenvalue weighted by Gasteiger charge is 2.43. The molecule has 0 radical (unpaired) electrons. The van der Waals surface area contributed by atoms with Gasteiger partial charge in [0.05, 0.1) is 28.1 Å². The Bertz CT molecular complexity index is 5280. The molecule has 0 spiro atoms. The average molecular weight is 1180 g/mol. The van der Waals surface area contributed by atoms with Crippen molar-refractivity contribution in [3.63, 3.8) is 0 Å². The molecule has 0 bridgehead atoms. The van der Waals surface area contributed by atoms with Crippen molar-refractivity contribution in [3.05, 3.63) is 309 Å². The lowest BCUT2D eigenvalue weighted by Crippen LogP contribution is -2.61. The van der Waals surface area contributed by atoms with Crippen LogP contribution in [0.2, 0.25) is 0 Å². The van der Waals surface area contributed by atoms with E-state index in [2.05, 4.69) is 284 Å². The molecule has 0 atom stereocenters. The second-order valence-electron chi connectivity index (χ2n) is 24.8. The summed E-state index contributed by atoms with van der Waals surface area (Å²) in [5.41, 5.74) is 24.2. The van der Waals surface area contributed by atoms with E-state index in [4.69, 9.17) is 24.9 Å². The number of hydrogen-bond acceptors (Lipinski definition) is 7. The van der Waals surface area contributed by atoms with Gasteiger partial charge < -0.3 is 14.4 Å². The molecule has 8 nitrogen and oxygen atoms in total. The van der Waals surface area contributed by atoms with Crippen LogP contribution in [0.5, 0.6) is 0 Å². The first-order valence-electron chi connectivity index (χ1n) is 31.4. The molecule has 3 aromatic heterocycles. The first kappa shape index (κ1) is 54.4. The summed E-state index contributed by atoms with van der Waals surface area (Å²) in [7, 11) is 0. The number of para-hydroxylation sites is 4. The van der Waals surface area contributed by atoms with E-state index in [0.29, 0.717) is 23.3 Å². The van der Waals surface area contributed by atoms with Crippen molar-refractivity contribution in [2.24, 2.45) is 0 Å². The molecule has 0 aliphatic carbocycles. The fourth-order valence-corrected chi connectivity index (χ4v) is 13.8. The fraction of sp³-hybridized carbons (Fsp3) is 0.0482. The maximum absolute atomic E-state index is 5.58. The Morgan fingerprint density at radius 3 is 1.42 bits per heavy atom. The Kier molecular flexibility index (Phi) is 13.0. The molecule has 9 heteroatoms. The Hall–Kier alpha value is -11.8. The molecule has 0 N–H and O–H groups in total. The minimum absolute atomic E-state index is 0.0530. The monoisotopic (exact) mass is 1180 g/mol. The third-order valence-corrected chi connectivity index (χ3v) is 18.2. The number of hydrogen-bond donors (Lipinski definition) is 0. The van der Waals surface area contributed by atoms with E-state index in [9.17, 15) is 0 Å². The molecule has 15 aromatic rings. The van der Waals surface area contributed by atoms with Crippen molar-refractivity contribution in [2.45, 2.75) is 26.2 Å². The second-order valence-corrected chi connectivity index (χ2v) is 24.8. The van der Waals surface area contributed by atoms with E-state index >= 15 is 0 Å². The van der Waals surface area contributed by atoms with Crippen LogP contribution in [0.1, 0.15) is 26.3 Å². The van der Waals surface area contributed by atoms with Gasteiger partial charge in [-0.3, -0.25) is 0 Å². The minimum atomic E-state index is -0.0530. The summed E-state index contributed by atoms with van der Waals surface area (Å²) in [4.78, 5) is 31.8. The summed E-state index contributed by atoms with van der Waals surface area (Å²) in [6.45, 7) is 6.89. The molecule has 0 fully saturated rings. The van der Waals surface area contributed by atoms with Gasteiger partial charge in [-0.25, -0.2) is 24.9 Å². The lowest BCUT2D eigenvalue weighted by Gasteiger charge is -2.44. The van der Waals surface area contributed by atoms with Gasteiger partial charge in [-0.1, -0.05) is 233 Å². The van der Waals surface area contributed by atoms with Crippen molar-refractivity contribution in [1.82, 2.24) is 29.5 Å². The smallest absolute Gasteiger partial charge is 0.252 e. The molecule has 0 unspecified atom stereocenters. The highest BCUT2D eigenvalue weighted by Crippen LogP contribution is 2.45. The van der Waals surface area contributed by atoms with Gasteiger partial charge in [0.2, 0.25) is 0 Å². The van der Waals surface area contributed by atoms with Crippen LogP contribution in [0.4, 0.5) is 34.1 Å². The number of nitrogens with zero attached hydrogens (tertiary/aromatic N) is 8. The Morgan fingerprint density at radius 2 is 0.772 bits per heavy atom. The zero-order valence-electron chi connectivity index (χ0n) is 51.0. The number of aromatic nitrogens is 6. The van der Waals surface area contributed by atoms with Crippen LogP contribution < -0.4 is 26.2 Å². The number of fused-ring (bicyclic) bond motifs is 7. The maximum Gasteiger partial charge on any atom is 0.252 e. The summed E-state index contributed by atoms with van der Waals surface area (Å²) in [6, 6.07) is 108. The van der Waals surface area contributed by atoms with Crippen LogP contribution in [-0.2, 0) is 5.41 Å². The molecular weight excluding hydrogens is 1120 g/mol. The van der Waals surface area contributed by atoms with E-state index in [-0.39, 0.29) is 12.1 Å². The summed E-state index contributed by atoms with van der Waals surface area (Å²) >= 11 is 0. The zero-order valence-corrected chi connectivity index (χ0v) is 51.0. The predicted molar refractivity (Wildman–Crippen MR) is 381 cm³/mol. The van der Waals surface area contributed by atoms with Gasteiger partial charge >= 0.3 is 0 Å². The highest BCUT2D eigenvalue weighted by molar-refractivity contribution is 7.00. The molecule has 17 rings (SSSR count). The molecule has 0 saturated heterocycles. The number of benzene rings is 12. The largest absolute Gasteiger partial charge is 0.311 e. The minimum Gasteiger partial charge on any atom is -0.311 e. The second kappa shape index (κ2) is 22.0. The Balaban J connectivity index is 0.814. The van der Waals surface area contributed by atoms with Gasteiger partial charge in [-0.2, -0.15) is 0 Å². The van der Waals surface area contributed by atoms with Crippen molar-refractivity contribution >= 4 is 79.0 Å². The molecule has 434 valence electrons. The molecule has 92 heavy (non-hydrogen) atoms. The number of rotatable bonds is 10. The van der Waals surface area contributed by atoms with E-state index in [1.165, 1.54) is 55.5 Å². The molecule has 2 aliphatic heterocycles. The van der Waals surface area contributed by atoms with E-state index in [0.717, 1.165) is 84.0 Å². The normalized spacial score (nSPS) is 12.4. The quantitative estimate of drug-likeness (QED) is 0.126. The van der Waals surface area contributed by atoms with Crippen molar-refractivity contribution in [1.29, 1.82) is 0 Å². The maximum atomic E-state index is 5.58. The lowest BCUT2D eigenvalue weighted by atomic mass is 9.33. The van der Waals surface area contributed by atoms with E-state index in [1.54, 1.807) is 0 Å². The number of anilines is 6. The van der Waals surface area contributed by atoms with Crippen LogP contribution in [-0.4, -0.2) is 36.2 Å². The molecular formula is C83H59BN8. The third-order valence-electron chi connectivity index (χ3n) is 18.2. The zero-order chi connectivity index (χ0) is 61.4. The van der Waals surface area contributed by atoms with Crippen molar-refractivity contribution < 1.29 is 0 Å². The van der Waals surface area contributed by atoms with Gasteiger partial charge in [0.15, 0.2) is 23.3 Å². The van der Waals surface area contributed by atoms with Crippen LogP contribution >= 0.6 is 0 Å².